The molecule has 0 atom stereocenters. The highest BCUT2D eigenvalue weighted by molar-refractivity contribution is 9.09. The van der Waals surface area contributed by atoms with Crippen molar-refractivity contribution in [2.24, 2.45) is 0 Å². The fourth-order valence-corrected chi connectivity index (χ4v) is 11.1. The molecule has 0 spiro atoms. The van der Waals surface area contributed by atoms with Crippen LogP contribution in [0, 0.1) is 0 Å². The monoisotopic (exact) mass is 854 g/mol. The molecule has 0 radical (unpaired) electrons. The van der Waals surface area contributed by atoms with E-state index in [4.69, 9.17) is 0 Å². The van der Waals surface area contributed by atoms with Crippen LogP contribution in [0.2, 0.25) is 0 Å². The number of carbonyl (C=O) groups is 1. The third kappa shape index (κ3) is 11.3. The molecule has 6 aromatic carbocycles. The van der Waals surface area contributed by atoms with Gasteiger partial charge in [0.25, 0.3) is 0 Å². The molecule has 0 saturated heterocycles. The Morgan fingerprint density at radius 2 is 0.807 bits per heavy atom. The number of hydrogen-bond acceptors (Lipinski definition) is 4. The van der Waals surface area contributed by atoms with Crippen LogP contribution in [0.3, 0.4) is 0 Å². The summed E-state index contributed by atoms with van der Waals surface area (Å²) in [7, 11) is 0. The molecule has 0 fully saturated rings. The SMILES string of the molecule is O=C(CSC(c1ccccc1)(c1ccccc1)c1ccccc1)NCCN(CCCCCCCBr)CCSC(c1ccccc1)(c1ccccc1)c1ccccc1. The Labute approximate surface area is 358 Å². The van der Waals surface area contributed by atoms with Crippen molar-refractivity contribution in [2.75, 3.05) is 43.0 Å². The Kier molecular flexibility index (Phi) is 17.0. The molecule has 0 aliphatic heterocycles. The smallest absolute Gasteiger partial charge is 0.230 e. The van der Waals surface area contributed by atoms with Gasteiger partial charge in [-0.2, -0.15) is 0 Å². The van der Waals surface area contributed by atoms with Crippen LogP contribution in [-0.4, -0.2) is 53.8 Å². The Balaban J connectivity index is 1.16. The van der Waals surface area contributed by atoms with Gasteiger partial charge in [-0.3, -0.25) is 4.79 Å². The van der Waals surface area contributed by atoms with Gasteiger partial charge in [0.2, 0.25) is 5.91 Å². The molecule has 0 unspecified atom stereocenters. The summed E-state index contributed by atoms with van der Waals surface area (Å²) in [6, 6.07) is 64.7. The number of nitrogens with one attached hydrogen (secondary N) is 1. The molecule has 0 aromatic heterocycles. The summed E-state index contributed by atoms with van der Waals surface area (Å²) in [5, 5.41) is 4.40. The van der Waals surface area contributed by atoms with E-state index in [-0.39, 0.29) is 10.7 Å². The summed E-state index contributed by atoms with van der Waals surface area (Å²) in [5.41, 5.74) is 7.35. The predicted molar refractivity (Wildman–Crippen MR) is 250 cm³/mol. The van der Waals surface area contributed by atoms with E-state index < -0.39 is 4.75 Å². The zero-order valence-corrected chi connectivity index (χ0v) is 36.1. The maximum Gasteiger partial charge on any atom is 0.230 e. The number of nitrogens with zero attached hydrogens (tertiary/aromatic N) is 1. The number of rotatable bonds is 23. The first-order valence-electron chi connectivity index (χ1n) is 20.3. The fraction of sp³-hybridized carbons (Fsp3) is 0.275. The second-order valence-corrected chi connectivity index (χ2v) is 17.6. The van der Waals surface area contributed by atoms with Crippen LogP contribution in [0.15, 0.2) is 182 Å². The third-order valence-electron chi connectivity index (χ3n) is 10.6. The van der Waals surface area contributed by atoms with E-state index in [9.17, 15) is 4.79 Å². The zero-order chi connectivity index (χ0) is 39.4. The van der Waals surface area contributed by atoms with Crippen molar-refractivity contribution in [3.8, 4) is 0 Å². The maximum absolute atomic E-state index is 13.8. The molecule has 1 N–H and O–H groups in total. The Morgan fingerprint density at radius 1 is 0.456 bits per heavy atom. The first-order chi connectivity index (χ1) is 28.2. The summed E-state index contributed by atoms with van der Waals surface area (Å²) in [6.07, 6.45) is 6.13. The van der Waals surface area contributed by atoms with Gasteiger partial charge in [0.15, 0.2) is 0 Å². The molecular weight excluding hydrogens is 801 g/mol. The molecule has 0 saturated carbocycles. The summed E-state index contributed by atoms with van der Waals surface area (Å²) < 4.78 is -0.874. The van der Waals surface area contributed by atoms with Crippen LogP contribution < -0.4 is 5.32 Å². The number of carbonyl (C=O) groups excluding carboxylic acids is 1. The van der Waals surface area contributed by atoms with Crippen LogP contribution in [0.5, 0.6) is 0 Å². The molecule has 0 bridgehead atoms. The second-order valence-electron chi connectivity index (χ2n) is 14.3. The topological polar surface area (TPSA) is 32.3 Å². The number of hydrogen-bond donors (Lipinski definition) is 1. The highest BCUT2D eigenvalue weighted by Gasteiger charge is 2.38. The molecule has 294 valence electrons. The molecule has 3 nitrogen and oxygen atoms in total. The van der Waals surface area contributed by atoms with Crippen molar-refractivity contribution >= 4 is 45.4 Å². The van der Waals surface area contributed by atoms with Crippen molar-refractivity contribution in [3.05, 3.63) is 215 Å². The van der Waals surface area contributed by atoms with Gasteiger partial charge < -0.3 is 10.2 Å². The third-order valence-corrected chi connectivity index (χ3v) is 14.2. The fourth-order valence-electron chi connectivity index (χ4n) is 7.74. The number of amides is 1. The standard InChI is InChI=1S/C51H55BrN2OS2/c52-36-22-2-1-3-23-38-54(40-41-56-50(43-24-10-4-11-25-43,44-26-12-5-13-27-44)45-28-14-6-15-29-45)39-37-53-49(55)42-57-51(46-30-16-7-17-31-46,47-32-18-8-19-33-47)48-34-20-9-21-35-48/h4-21,24-35H,1-3,22-23,36-42H2,(H,53,55). The van der Waals surface area contributed by atoms with Crippen molar-refractivity contribution in [1.29, 1.82) is 0 Å². The first-order valence-corrected chi connectivity index (χ1v) is 23.4. The molecule has 57 heavy (non-hydrogen) atoms. The molecule has 6 heteroatoms. The summed E-state index contributed by atoms with van der Waals surface area (Å²) in [6.45, 7) is 3.39. The van der Waals surface area contributed by atoms with Crippen LogP contribution in [0.1, 0.15) is 65.5 Å². The van der Waals surface area contributed by atoms with Gasteiger partial charge in [-0.05, 0) is 52.8 Å². The average molecular weight is 856 g/mol. The van der Waals surface area contributed by atoms with Crippen molar-refractivity contribution in [3.63, 3.8) is 0 Å². The van der Waals surface area contributed by atoms with E-state index in [0.29, 0.717) is 12.3 Å². The highest BCUT2D eigenvalue weighted by Crippen LogP contribution is 2.49. The lowest BCUT2D eigenvalue weighted by atomic mass is 9.84. The Bertz CT molecular complexity index is 1810. The van der Waals surface area contributed by atoms with Crippen molar-refractivity contribution < 1.29 is 4.79 Å². The quantitative estimate of drug-likeness (QED) is 0.0395. The maximum atomic E-state index is 13.8. The number of thioether (sulfide) groups is 2. The summed E-state index contributed by atoms with van der Waals surface area (Å²) in [5.74, 6) is 1.35. The van der Waals surface area contributed by atoms with Gasteiger partial charge in [-0.15, -0.1) is 23.5 Å². The van der Waals surface area contributed by atoms with Gasteiger partial charge in [-0.1, -0.05) is 217 Å². The largest absolute Gasteiger partial charge is 0.354 e. The van der Waals surface area contributed by atoms with Crippen LogP contribution in [0.4, 0.5) is 0 Å². The number of benzene rings is 6. The lowest BCUT2D eigenvalue weighted by Crippen LogP contribution is -2.38. The van der Waals surface area contributed by atoms with Crippen LogP contribution >= 0.6 is 39.5 Å². The van der Waals surface area contributed by atoms with Gasteiger partial charge in [0, 0.05) is 30.7 Å². The van der Waals surface area contributed by atoms with Crippen molar-refractivity contribution in [1.82, 2.24) is 10.2 Å². The first kappa shape index (κ1) is 42.5. The molecule has 0 aliphatic carbocycles. The molecule has 6 rings (SSSR count). The molecule has 0 aliphatic rings. The lowest BCUT2D eigenvalue weighted by Gasteiger charge is -2.36. The molecule has 0 heterocycles. The predicted octanol–water partition coefficient (Wildman–Crippen LogP) is 12.2. The van der Waals surface area contributed by atoms with Crippen LogP contribution in [-0.2, 0) is 14.3 Å². The minimum absolute atomic E-state index is 0.0625. The van der Waals surface area contributed by atoms with Gasteiger partial charge in [0.05, 0.1) is 15.2 Å². The van der Waals surface area contributed by atoms with E-state index in [1.165, 1.54) is 42.4 Å². The zero-order valence-electron chi connectivity index (χ0n) is 32.9. The second kappa shape index (κ2) is 22.8. The molecule has 6 aromatic rings. The number of halogens is 1. The summed E-state index contributed by atoms with van der Waals surface area (Å²) >= 11 is 7.30. The van der Waals surface area contributed by atoms with E-state index in [1.807, 2.05) is 11.8 Å². The summed E-state index contributed by atoms with van der Waals surface area (Å²) in [4.78, 5) is 16.4. The number of alkyl halides is 1. The van der Waals surface area contributed by atoms with Gasteiger partial charge >= 0.3 is 0 Å². The Hall–Kier alpha value is -4.07. The molecule has 1 amide bonds. The minimum Gasteiger partial charge on any atom is -0.354 e. The minimum atomic E-state index is -0.526. The normalized spacial score (nSPS) is 11.8. The van der Waals surface area contributed by atoms with Gasteiger partial charge in [-0.25, -0.2) is 0 Å². The Morgan fingerprint density at radius 3 is 1.19 bits per heavy atom. The molecular formula is C51H55BrN2OS2. The number of unbranched alkanes of at least 4 members (excludes halogenated alkanes) is 4. The van der Waals surface area contributed by atoms with E-state index in [0.717, 1.165) is 53.8 Å². The van der Waals surface area contributed by atoms with Crippen molar-refractivity contribution in [2.45, 2.75) is 41.6 Å². The van der Waals surface area contributed by atoms with E-state index in [1.54, 1.807) is 11.8 Å². The van der Waals surface area contributed by atoms with Gasteiger partial charge in [0.1, 0.15) is 0 Å². The van der Waals surface area contributed by atoms with E-state index in [2.05, 4.69) is 208 Å². The lowest BCUT2D eigenvalue weighted by molar-refractivity contribution is -0.118. The highest BCUT2D eigenvalue weighted by atomic mass is 79.9. The van der Waals surface area contributed by atoms with Crippen LogP contribution in [0.25, 0.3) is 0 Å². The average Bonchev–Trinajstić information content (AvgIpc) is 3.28. The van der Waals surface area contributed by atoms with E-state index >= 15 is 0 Å².